The maximum atomic E-state index is 13.1. The van der Waals surface area contributed by atoms with Gasteiger partial charge in [-0.3, -0.25) is 9.69 Å². The van der Waals surface area contributed by atoms with E-state index in [1.807, 2.05) is 25.1 Å². The van der Waals surface area contributed by atoms with Gasteiger partial charge in [-0.05, 0) is 63.6 Å². The standard InChI is InChI=1S/C17H26ClN3O/c1-4-21(5-2)17(8-10-19-11-9-17)16(22)20-15-12-14(18)7-6-13(15)3/h6-7,12,19H,4-5,8-11H2,1-3H3,(H,20,22). The maximum Gasteiger partial charge on any atom is 0.245 e. The fourth-order valence-corrected chi connectivity index (χ4v) is 3.50. The van der Waals surface area contributed by atoms with Crippen LogP contribution >= 0.6 is 11.6 Å². The maximum absolute atomic E-state index is 13.1. The fourth-order valence-electron chi connectivity index (χ4n) is 3.32. The molecule has 0 unspecified atom stereocenters. The van der Waals surface area contributed by atoms with Crippen LogP contribution in [0.1, 0.15) is 32.3 Å². The molecule has 0 aromatic heterocycles. The molecule has 2 rings (SSSR count). The number of rotatable bonds is 5. The van der Waals surface area contributed by atoms with E-state index in [1.165, 1.54) is 0 Å². The van der Waals surface area contributed by atoms with Gasteiger partial charge in [0.2, 0.25) is 5.91 Å². The second-order valence-corrected chi connectivity index (χ2v) is 6.30. The summed E-state index contributed by atoms with van der Waals surface area (Å²) >= 11 is 6.07. The van der Waals surface area contributed by atoms with Crippen molar-refractivity contribution in [1.82, 2.24) is 10.2 Å². The molecule has 122 valence electrons. The van der Waals surface area contributed by atoms with Crippen molar-refractivity contribution < 1.29 is 4.79 Å². The molecular weight excluding hydrogens is 298 g/mol. The van der Waals surface area contributed by atoms with Crippen LogP contribution in [-0.4, -0.2) is 42.5 Å². The van der Waals surface area contributed by atoms with E-state index in [4.69, 9.17) is 11.6 Å². The number of carbonyl (C=O) groups excluding carboxylic acids is 1. The third-order valence-corrected chi connectivity index (χ3v) is 4.91. The number of amides is 1. The third-order valence-electron chi connectivity index (χ3n) is 4.67. The molecule has 0 spiro atoms. The summed E-state index contributed by atoms with van der Waals surface area (Å²) in [6.45, 7) is 9.71. The average molecular weight is 324 g/mol. The quantitative estimate of drug-likeness (QED) is 0.875. The van der Waals surface area contributed by atoms with Crippen molar-refractivity contribution in [2.45, 2.75) is 39.2 Å². The predicted octanol–water partition coefficient (Wildman–Crippen LogP) is 3.05. The van der Waals surface area contributed by atoms with Crippen molar-refractivity contribution in [1.29, 1.82) is 0 Å². The normalized spacial score (nSPS) is 17.5. The predicted molar refractivity (Wildman–Crippen MR) is 92.6 cm³/mol. The highest BCUT2D eigenvalue weighted by atomic mass is 35.5. The summed E-state index contributed by atoms with van der Waals surface area (Å²) in [6, 6.07) is 5.60. The second kappa shape index (κ2) is 7.44. The first-order chi connectivity index (χ1) is 10.5. The Bertz CT molecular complexity index is 523. The monoisotopic (exact) mass is 323 g/mol. The molecule has 1 saturated heterocycles. The van der Waals surface area contributed by atoms with E-state index in [9.17, 15) is 4.79 Å². The molecule has 5 heteroatoms. The molecule has 1 heterocycles. The van der Waals surface area contributed by atoms with Gasteiger partial charge in [0.15, 0.2) is 0 Å². The van der Waals surface area contributed by atoms with Gasteiger partial charge in [-0.15, -0.1) is 0 Å². The SMILES string of the molecule is CCN(CC)C1(C(=O)Nc2cc(Cl)ccc2C)CCNCC1. The molecule has 1 aliphatic heterocycles. The lowest BCUT2D eigenvalue weighted by molar-refractivity contribution is -0.130. The Morgan fingerprint density at radius 3 is 2.55 bits per heavy atom. The minimum Gasteiger partial charge on any atom is -0.324 e. The van der Waals surface area contributed by atoms with E-state index in [0.29, 0.717) is 5.02 Å². The van der Waals surface area contributed by atoms with Crippen LogP contribution < -0.4 is 10.6 Å². The number of halogens is 1. The number of nitrogens with one attached hydrogen (secondary N) is 2. The van der Waals surface area contributed by atoms with E-state index >= 15 is 0 Å². The molecule has 1 fully saturated rings. The minimum absolute atomic E-state index is 0.0862. The van der Waals surface area contributed by atoms with E-state index in [0.717, 1.165) is 50.3 Å². The number of nitrogens with zero attached hydrogens (tertiary/aromatic N) is 1. The zero-order chi connectivity index (χ0) is 16.2. The molecule has 0 bridgehead atoms. The molecule has 4 nitrogen and oxygen atoms in total. The number of likely N-dealkylation sites (N-methyl/N-ethyl adjacent to an activating group) is 1. The fraction of sp³-hybridized carbons (Fsp3) is 0.588. The van der Waals surface area contributed by atoms with Crippen molar-refractivity contribution in [3.63, 3.8) is 0 Å². The molecule has 0 radical (unpaired) electrons. The van der Waals surface area contributed by atoms with Crippen LogP contribution in [0, 0.1) is 6.92 Å². The Kier molecular flexibility index (Phi) is 5.84. The van der Waals surface area contributed by atoms with Crippen molar-refractivity contribution >= 4 is 23.2 Å². The van der Waals surface area contributed by atoms with Crippen molar-refractivity contribution in [2.75, 3.05) is 31.5 Å². The highest BCUT2D eigenvalue weighted by Crippen LogP contribution is 2.29. The molecule has 1 aromatic carbocycles. The van der Waals surface area contributed by atoms with Crippen LogP contribution in [-0.2, 0) is 4.79 Å². The van der Waals surface area contributed by atoms with Crippen molar-refractivity contribution in [3.05, 3.63) is 28.8 Å². The zero-order valence-corrected chi connectivity index (χ0v) is 14.5. The number of piperidine rings is 1. The molecule has 22 heavy (non-hydrogen) atoms. The van der Waals surface area contributed by atoms with Crippen molar-refractivity contribution in [3.8, 4) is 0 Å². The Hall–Kier alpha value is -1.10. The van der Waals surface area contributed by atoms with Crippen molar-refractivity contribution in [2.24, 2.45) is 0 Å². The van der Waals surface area contributed by atoms with E-state index < -0.39 is 5.54 Å². The van der Waals surface area contributed by atoms with Gasteiger partial charge in [-0.1, -0.05) is 31.5 Å². The Balaban J connectivity index is 2.27. The first-order valence-corrected chi connectivity index (χ1v) is 8.44. The van der Waals surface area contributed by atoms with Crippen LogP contribution in [0.2, 0.25) is 5.02 Å². The number of anilines is 1. The summed E-state index contributed by atoms with van der Waals surface area (Å²) in [7, 11) is 0. The largest absolute Gasteiger partial charge is 0.324 e. The highest BCUT2D eigenvalue weighted by Gasteiger charge is 2.43. The number of hydrogen-bond acceptors (Lipinski definition) is 3. The van der Waals surface area contributed by atoms with Gasteiger partial charge in [0.05, 0.1) is 0 Å². The Morgan fingerprint density at radius 2 is 1.95 bits per heavy atom. The van der Waals surface area contributed by atoms with Gasteiger partial charge in [-0.25, -0.2) is 0 Å². The number of hydrogen-bond donors (Lipinski definition) is 2. The van der Waals surface area contributed by atoms with Gasteiger partial charge in [0, 0.05) is 10.7 Å². The Labute approximate surface area is 138 Å². The third kappa shape index (κ3) is 3.45. The summed E-state index contributed by atoms with van der Waals surface area (Å²) in [6.07, 6.45) is 1.67. The van der Waals surface area contributed by atoms with Crippen LogP contribution in [0.3, 0.4) is 0 Å². The lowest BCUT2D eigenvalue weighted by Crippen LogP contribution is -2.61. The van der Waals surface area contributed by atoms with Crippen LogP contribution in [0.15, 0.2) is 18.2 Å². The highest BCUT2D eigenvalue weighted by molar-refractivity contribution is 6.31. The van der Waals surface area contributed by atoms with Crippen LogP contribution in [0.5, 0.6) is 0 Å². The second-order valence-electron chi connectivity index (χ2n) is 5.87. The lowest BCUT2D eigenvalue weighted by Gasteiger charge is -2.44. The summed E-state index contributed by atoms with van der Waals surface area (Å²) in [5.41, 5.74) is 1.41. The molecule has 1 aromatic rings. The van der Waals surface area contributed by atoms with Gasteiger partial charge < -0.3 is 10.6 Å². The molecule has 1 aliphatic rings. The van der Waals surface area contributed by atoms with E-state index in [-0.39, 0.29) is 5.91 Å². The Morgan fingerprint density at radius 1 is 1.32 bits per heavy atom. The molecule has 0 atom stereocenters. The summed E-state index contributed by atoms with van der Waals surface area (Å²) in [5, 5.41) is 7.11. The van der Waals surface area contributed by atoms with Gasteiger partial charge in [-0.2, -0.15) is 0 Å². The van der Waals surface area contributed by atoms with Crippen LogP contribution in [0.25, 0.3) is 0 Å². The van der Waals surface area contributed by atoms with E-state index in [2.05, 4.69) is 29.4 Å². The number of aryl methyl sites for hydroxylation is 1. The number of benzene rings is 1. The average Bonchev–Trinajstić information content (AvgIpc) is 2.53. The smallest absolute Gasteiger partial charge is 0.245 e. The molecule has 0 aliphatic carbocycles. The van der Waals surface area contributed by atoms with Gasteiger partial charge >= 0.3 is 0 Å². The molecule has 0 saturated carbocycles. The molecule has 2 N–H and O–H groups in total. The summed E-state index contributed by atoms with van der Waals surface area (Å²) in [4.78, 5) is 15.4. The van der Waals surface area contributed by atoms with Gasteiger partial charge in [0.1, 0.15) is 5.54 Å². The molecule has 1 amide bonds. The minimum atomic E-state index is -0.427. The summed E-state index contributed by atoms with van der Waals surface area (Å²) in [5.74, 6) is 0.0862. The lowest BCUT2D eigenvalue weighted by atomic mass is 9.85. The van der Waals surface area contributed by atoms with Crippen LogP contribution in [0.4, 0.5) is 5.69 Å². The topological polar surface area (TPSA) is 44.4 Å². The first-order valence-electron chi connectivity index (χ1n) is 8.07. The number of carbonyl (C=O) groups is 1. The summed E-state index contributed by atoms with van der Waals surface area (Å²) < 4.78 is 0. The zero-order valence-electron chi connectivity index (χ0n) is 13.7. The molecular formula is C17H26ClN3O. The van der Waals surface area contributed by atoms with E-state index in [1.54, 1.807) is 0 Å². The first kappa shape index (κ1) is 17.3. The van der Waals surface area contributed by atoms with Gasteiger partial charge in [0.25, 0.3) is 0 Å².